The SMILES string of the molecule is CN(C)CCCn1nnc(C(=O)O)c1C(F)F. The number of hydrogen-bond donors (Lipinski definition) is 1. The van der Waals surface area contributed by atoms with Crippen LogP contribution in [0.5, 0.6) is 0 Å². The predicted octanol–water partition coefficient (Wildman–Crippen LogP) is 0.866. The number of aromatic nitrogens is 3. The van der Waals surface area contributed by atoms with E-state index in [1.807, 2.05) is 19.0 Å². The van der Waals surface area contributed by atoms with E-state index in [1.54, 1.807) is 0 Å². The summed E-state index contributed by atoms with van der Waals surface area (Å²) in [5.74, 6) is -1.49. The van der Waals surface area contributed by atoms with E-state index < -0.39 is 23.8 Å². The second-order valence-corrected chi connectivity index (χ2v) is 3.81. The minimum atomic E-state index is -2.89. The van der Waals surface area contributed by atoms with Crippen molar-refractivity contribution in [2.45, 2.75) is 19.4 Å². The van der Waals surface area contributed by atoms with Gasteiger partial charge in [0.15, 0.2) is 5.69 Å². The third-order valence-electron chi connectivity index (χ3n) is 2.16. The Balaban J connectivity index is 2.81. The Morgan fingerprint density at radius 2 is 2.18 bits per heavy atom. The van der Waals surface area contributed by atoms with Gasteiger partial charge in [-0.1, -0.05) is 5.21 Å². The van der Waals surface area contributed by atoms with Gasteiger partial charge >= 0.3 is 5.97 Å². The Hall–Kier alpha value is -1.57. The molecule has 17 heavy (non-hydrogen) atoms. The van der Waals surface area contributed by atoms with Crippen LogP contribution in [0.25, 0.3) is 0 Å². The van der Waals surface area contributed by atoms with Crippen LogP contribution in [0.3, 0.4) is 0 Å². The monoisotopic (exact) mass is 248 g/mol. The number of nitrogens with zero attached hydrogens (tertiary/aromatic N) is 4. The quantitative estimate of drug-likeness (QED) is 0.808. The topological polar surface area (TPSA) is 71.2 Å². The fraction of sp³-hybridized carbons (Fsp3) is 0.667. The molecule has 1 aromatic heterocycles. The smallest absolute Gasteiger partial charge is 0.358 e. The molecule has 8 heteroatoms. The van der Waals surface area contributed by atoms with E-state index in [1.165, 1.54) is 0 Å². The number of rotatable bonds is 6. The number of aromatic carboxylic acids is 1. The first-order valence-corrected chi connectivity index (χ1v) is 5.03. The minimum Gasteiger partial charge on any atom is -0.476 e. The number of aryl methyl sites for hydroxylation is 1. The second kappa shape index (κ2) is 5.67. The predicted molar refractivity (Wildman–Crippen MR) is 55.1 cm³/mol. The molecule has 1 aromatic rings. The first kappa shape index (κ1) is 13.5. The van der Waals surface area contributed by atoms with Gasteiger partial charge in [0.2, 0.25) is 0 Å². The highest BCUT2D eigenvalue weighted by Crippen LogP contribution is 2.21. The summed E-state index contributed by atoms with van der Waals surface area (Å²) in [6.45, 7) is 0.920. The molecule has 1 heterocycles. The molecule has 0 aromatic carbocycles. The molecule has 0 aliphatic carbocycles. The zero-order valence-electron chi connectivity index (χ0n) is 9.60. The van der Waals surface area contributed by atoms with E-state index in [0.717, 1.165) is 4.68 Å². The van der Waals surface area contributed by atoms with E-state index >= 15 is 0 Å². The first-order valence-electron chi connectivity index (χ1n) is 5.03. The zero-order chi connectivity index (χ0) is 13.0. The van der Waals surface area contributed by atoms with Crippen LogP contribution in [0.4, 0.5) is 8.78 Å². The average molecular weight is 248 g/mol. The van der Waals surface area contributed by atoms with Crippen LogP contribution in [0.2, 0.25) is 0 Å². The molecule has 0 aliphatic rings. The molecule has 0 unspecified atom stereocenters. The summed E-state index contributed by atoms with van der Waals surface area (Å²) in [7, 11) is 3.72. The summed E-state index contributed by atoms with van der Waals surface area (Å²) in [5.41, 5.74) is -1.30. The number of carbonyl (C=O) groups is 1. The van der Waals surface area contributed by atoms with E-state index in [0.29, 0.717) is 13.0 Å². The third kappa shape index (κ3) is 3.45. The maximum atomic E-state index is 12.7. The first-order chi connectivity index (χ1) is 7.93. The van der Waals surface area contributed by atoms with Crippen molar-refractivity contribution >= 4 is 5.97 Å². The molecule has 0 bridgehead atoms. The van der Waals surface area contributed by atoms with Crippen molar-refractivity contribution < 1.29 is 18.7 Å². The van der Waals surface area contributed by atoms with Crippen LogP contribution in [-0.2, 0) is 6.54 Å². The Labute approximate surface area is 96.8 Å². The van der Waals surface area contributed by atoms with Gasteiger partial charge in [-0.15, -0.1) is 5.10 Å². The molecule has 0 aliphatic heterocycles. The Bertz CT molecular complexity index is 392. The number of carboxylic acids is 1. The number of carboxylic acid groups (broad SMARTS) is 1. The fourth-order valence-electron chi connectivity index (χ4n) is 1.39. The van der Waals surface area contributed by atoms with Crippen molar-refractivity contribution in [2.75, 3.05) is 20.6 Å². The third-order valence-corrected chi connectivity index (χ3v) is 2.16. The molecular weight excluding hydrogens is 234 g/mol. The summed E-state index contributed by atoms with van der Waals surface area (Å²) in [6.07, 6.45) is -2.30. The van der Waals surface area contributed by atoms with Gasteiger partial charge < -0.3 is 10.0 Å². The largest absolute Gasteiger partial charge is 0.476 e. The van der Waals surface area contributed by atoms with Gasteiger partial charge in [-0.2, -0.15) is 0 Å². The summed E-state index contributed by atoms with van der Waals surface area (Å²) in [6, 6.07) is 0. The molecule has 0 fully saturated rings. The van der Waals surface area contributed by atoms with Crippen molar-refractivity contribution in [3.05, 3.63) is 11.4 Å². The fourth-order valence-corrected chi connectivity index (χ4v) is 1.39. The average Bonchev–Trinajstić information content (AvgIpc) is 2.61. The van der Waals surface area contributed by atoms with E-state index in [9.17, 15) is 13.6 Å². The lowest BCUT2D eigenvalue weighted by Gasteiger charge is -2.10. The van der Waals surface area contributed by atoms with Gasteiger partial charge in [0.1, 0.15) is 5.69 Å². The molecule has 0 saturated heterocycles. The molecule has 0 atom stereocenters. The summed E-state index contributed by atoms with van der Waals surface area (Å²) in [5, 5.41) is 15.4. The van der Waals surface area contributed by atoms with Crippen LogP contribution in [0.1, 0.15) is 29.0 Å². The summed E-state index contributed by atoms with van der Waals surface area (Å²) < 4.78 is 26.3. The summed E-state index contributed by atoms with van der Waals surface area (Å²) in [4.78, 5) is 12.6. The highest BCUT2D eigenvalue weighted by atomic mass is 19.3. The maximum absolute atomic E-state index is 12.7. The van der Waals surface area contributed by atoms with Gasteiger partial charge in [-0.3, -0.25) is 0 Å². The normalized spacial score (nSPS) is 11.4. The maximum Gasteiger partial charge on any atom is 0.358 e. The molecule has 0 radical (unpaired) electrons. The number of alkyl halides is 2. The van der Waals surface area contributed by atoms with E-state index in [2.05, 4.69) is 10.3 Å². The molecule has 1 N–H and O–H groups in total. The van der Waals surface area contributed by atoms with Gasteiger partial charge in [-0.05, 0) is 27.1 Å². The highest BCUT2D eigenvalue weighted by Gasteiger charge is 2.25. The Morgan fingerprint density at radius 1 is 1.53 bits per heavy atom. The number of halogens is 2. The van der Waals surface area contributed by atoms with Crippen molar-refractivity contribution in [3.8, 4) is 0 Å². The zero-order valence-corrected chi connectivity index (χ0v) is 9.60. The molecule has 0 amide bonds. The lowest BCUT2D eigenvalue weighted by atomic mass is 10.3. The second-order valence-electron chi connectivity index (χ2n) is 3.81. The van der Waals surface area contributed by atoms with Crippen molar-refractivity contribution in [1.82, 2.24) is 19.9 Å². The molecule has 96 valence electrons. The van der Waals surface area contributed by atoms with Crippen LogP contribution >= 0.6 is 0 Å². The van der Waals surface area contributed by atoms with E-state index in [4.69, 9.17) is 5.11 Å². The molecule has 6 nitrogen and oxygen atoms in total. The molecular formula is C9H14F2N4O2. The van der Waals surface area contributed by atoms with Crippen molar-refractivity contribution in [2.24, 2.45) is 0 Å². The molecule has 1 rings (SSSR count). The highest BCUT2D eigenvalue weighted by molar-refractivity contribution is 5.86. The van der Waals surface area contributed by atoms with Crippen molar-refractivity contribution in [3.63, 3.8) is 0 Å². The standard InChI is InChI=1S/C9H14F2N4O2/c1-14(2)4-3-5-15-7(8(10)11)6(9(16)17)12-13-15/h8H,3-5H2,1-2H3,(H,16,17). The van der Waals surface area contributed by atoms with Crippen LogP contribution < -0.4 is 0 Å². The van der Waals surface area contributed by atoms with Gasteiger partial charge in [0.25, 0.3) is 6.43 Å². The van der Waals surface area contributed by atoms with Gasteiger partial charge in [-0.25, -0.2) is 18.3 Å². The number of hydrogen-bond acceptors (Lipinski definition) is 4. The Morgan fingerprint density at radius 3 is 2.65 bits per heavy atom. The summed E-state index contributed by atoms with van der Waals surface area (Å²) >= 11 is 0. The lowest BCUT2D eigenvalue weighted by Crippen LogP contribution is -2.16. The molecule has 0 saturated carbocycles. The van der Waals surface area contributed by atoms with Crippen LogP contribution in [0, 0.1) is 0 Å². The van der Waals surface area contributed by atoms with E-state index in [-0.39, 0.29) is 6.54 Å². The minimum absolute atomic E-state index is 0.220. The van der Waals surface area contributed by atoms with Gasteiger partial charge in [0.05, 0.1) is 0 Å². The van der Waals surface area contributed by atoms with Crippen LogP contribution in [0.15, 0.2) is 0 Å². The molecule has 0 spiro atoms. The Kier molecular flexibility index (Phi) is 4.50. The van der Waals surface area contributed by atoms with Crippen LogP contribution in [-0.4, -0.2) is 51.6 Å². The lowest BCUT2D eigenvalue weighted by molar-refractivity contribution is 0.0675. The van der Waals surface area contributed by atoms with Gasteiger partial charge in [0, 0.05) is 6.54 Å². The van der Waals surface area contributed by atoms with Crippen molar-refractivity contribution in [1.29, 1.82) is 0 Å².